The van der Waals surface area contributed by atoms with Crippen LogP contribution in [0.15, 0.2) is 24.3 Å². The summed E-state index contributed by atoms with van der Waals surface area (Å²) in [5.74, 6) is -0.00907. The first-order valence-corrected chi connectivity index (χ1v) is 3.51. The SMILES string of the molecule is C=CC1CC=C1C(=O)NCO. The van der Waals surface area contributed by atoms with Gasteiger partial charge in [0, 0.05) is 11.5 Å². The smallest absolute Gasteiger partial charge is 0.249 e. The first-order valence-electron chi connectivity index (χ1n) is 3.51. The van der Waals surface area contributed by atoms with Gasteiger partial charge in [0.2, 0.25) is 5.91 Å². The quantitative estimate of drug-likeness (QED) is 0.449. The molecule has 60 valence electrons. The van der Waals surface area contributed by atoms with E-state index in [1.54, 1.807) is 6.08 Å². The van der Waals surface area contributed by atoms with Crippen LogP contribution in [0.3, 0.4) is 0 Å². The summed E-state index contributed by atoms with van der Waals surface area (Å²) < 4.78 is 0. The van der Waals surface area contributed by atoms with E-state index in [1.165, 1.54) is 0 Å². The van der Waals surface area contributed by atoms with Gasteiger partial charge in [-0.3, -0.25) is 4.79 Å². The first kappa shape index (κ1) is 8.01. The van der Waals surface area contributed by atoms with Crippen LogP contribution in [0, 0.1) is 5.92 Å². The van der Waals surface area contributed by atoms with Crippen molar-refractivity contribution in [3.05, 3.63) is 24.3 Å². The van der Waals surface area contributed by atoms with Gasteiger partial charge < -0.3 is 10.4 Å². The normalized spacial score (nSPS) is 21.5. The van der Waals surface area contributed by atoms with Gasteiger partial charge in [-0.1, -0.05) is 12.2 Å². The molecule has 0 aliphatic heterocycles. The summed E-state index contributed by atoms with van der Waals surface area (Å²) in [5, 5.41) is 10.7. The van der Waals surface area contributed by atoms with Gasteiger partial charge in [0.1, 0.15) is 6.73 Å². The van der Waals surface area contributed by atoms with Gasteiger partial charge >= 0.3 is 0 Å². The van der Waals surface area contributed by atoms with Crippen LogP contribution in [0.25, 0.3) is 0 Å². The number of carbonyl (C=O) groups is 1. The Morgan fingerprint density at radius 3 is 3.09 bits per heavy atom. The third kappa shape index (κ3) is 1.49. The van der Waals surface area contributed by atoms with E-state index in [-0.39, 0.29) is 18.6 Å². The van der Waals surface area contributed by atoms with Crippen LogP contribution in [0.1, 0.15) is 6.42 Å². The molecule has 0 aromatic carbocycles. The van der Waals surface area contributed by atoms with Gasteiger partial charge in [0.15, 0.2) is 0 Å². The molecule has 1 atom stereocenters. The number of aliphatic hydroxyl groups excluding tert-OH is 1. The van der Waals surface area contributed by atoms with Gasteiger partial charge in [-0.05, 0) is 6.42 Å². The molecular weight excluding hydrogens is 142 g/mol. The predicted octanol–water partition coefficient (Wildman–Crippen LogP) is 0.185. The second-order valence-corrected chi connectivity index (χ2v) is 2.40. The zero-order valence-electron chi connectivity index (χ0n) is 6.21. The lowest BCUT2D eigenvalue weighted by Crippen LogP contribution is -2.31. The van der Waals surface area contributed by atoms with Crippen molar-refractivity contribution in [1.82, 2.24) is 5.32 Å². The molecule has 0 saturated heterocycles. The minimum Gasteiger partial charge on any atom is -0.376 e. The Hall–Kier alpha value is -1.09. The maximum atomic E-state index is 11.0. The fourth-order valence-corrected chi connectivity index (χ4v) is 1.03. The van der Waals surface area contributed by atoms with Crippen molar-refractivity contribution in [2.75, 3.05) is 6.73 Å². The van der Waals surface area contributed by atoms with Crippen LogP contribution in [-0.4, -0.2) is 17.7 Å². The third-order valence-corrected chi connectivity index (χ3v) is 1.78. The zero-order valence-corrected chi connectivity index (χ0v) is 6.21. The Bertz CT molecular complexity index is 208. The summed E-state index contributed by atoms with van der Waals surface area (Å²) >= 11 is 0. The highest BCUT2D eigenvalue weighted by Crippen LogP contribution is 2.27. The van der Waals surface area contributed by atoms with Crippen molar-refractivity contribution in [2.45, 2.75) is 6.42 Å². The zero-order chi connectivity index (χ0) is 8.27. The summed E-state index contributed by atoms with van der Waals surface area (Å²) in [7, 11) is 0. The number of rotatable bonds is 3. The van der Waals surface area contributed by atoms with E-state index in [4.69, 9.17) is 5.11 Å². The van der Waals surface area contributed by atoms with Gasteiger partial charge in [-0.2, -0.15) is 0 Å². The fraction of sp³-hybridized carbons (Fsp3) is 0.375. The number of hydrogen-bond donors (Lipinski definition) is 2. The summed E-state index contributed by atoms with van der Waals surface area (Å²) in [4.78, 5) is 11.0. The Balaban J connectivity index is 2.49. The molecule has 0 aromatic rings. The maximum absolute atomic E-state index is 11.0. The molecule has 1 aliphatic rings. The Morgan fingerprint density at radius 1 is 2.00 bits per heavy atom. The molecule has 1 unspecified atom stereocenters. The number of hydrogen-bond acceptors (Lipinski definition) is 2. The minimum atomic E-state index is -0.306. The highest BCUT2D eigenvalue weighted by atomic mass is 16.3. The average molecular weight is 153 g/mol. The molecule has 0 heterocycles. The van der Waals surface area contributed by atoms with Crippen molar-refractivity contribution < 1.29 is 9.90 Å². The summed E-state index contributed by atoms with van der Waals surface area (Å²) in [6.07, 6.45) is 4.47. The van der Waals surface area contributed by atoms with E-state index in [9.17, 15) is 4.79 Å². The Morgan fingerprint density at radius 2 is 2.73 bits per heavy atom. The molecule has 3 heteroatoms. The van der Waals surface area contributed by atoms with E-state index in [2.05, 4.69) is 11.9 Å². The van der Waals surface area contributed by atoms with E-state index >= 15 is 0 Å². The molecule has 2 N–H and O–H groups in total. The van der Waals surface area contributed by atoms with E-state index in [0.29, 0.717) is 5.57 Å². The lowest BCUT2D eigenvalue weighted by atomic mass is 9.84. The molecule has 0 aromatic heterocycles. The van der Waals surface area contributed by atoms with E-state index in [1.807, 2.05) is 6.08 Å². The van der Waals surface area contributed by atoms with Crippen molar-refractivity contribution in [2.24, 2.45) is 5.92 Å². The third-order valence-electron chi connectivity index (χ3n) is 1.78. The van der Waals surface area contributed by atoms with Crippen LogP contribution in [0.4, 0.5) is 0 Å². The average Bonchev–Trinajstić information content (AvgIpc) is 1.86. The van der Waals surface area contributed by atoms with Crippen molar-refractivity contribution in [3.8, 4) is 0 Å². The van der Waals surface area contributed by atoms with Gasteiger partial charge in [0.25, 0.3) is 0 Å². The largest absolute Gasteiger partial charge is 0.376 e. The summed E-state index contributed by atoms with van der Waals surface area (Å²) in [6, 6.07) is 0. The van der Waals surface area contributed by atoms with E-state index in [0.717, 1.165) is 6.42 Å². The lowest BCUT2D eigenvalue weighted by Gasteiger charge is -2.22. The van der Waals surface area contributed by atoms with Crippen molar-refractivity contribution in [3.63, 3.8) is 0 Å². The molecule has 0 radical (unpaired) electrons. The van der Waals surface area contributed by atoms with Gasteiger partial charge in [-0.25, -0.2) is 0 Å². The number of carbonyl (C=O) groups excluding carboxylic acids is 1. The number of nitrogens with one attached hydrogen (secondary N) is 1. The van der Waals surface area contributed by atoms with Crippen LogP contribution >= 0.6 is 0 Å². The fourth-order valence-electron chi connectivity index (χ4n) is 1.03. The topological polar surface area (TPSA) is 49.3 Å². The van der Waals surface area contributed by atoms with Gasteiger partial charge in [-0.15, -0.1) is 6.58 Å². The Labute approximate surface area is 65.4 Å². The minimum absolute atomic E-state index is 0.182. The number of amides is 1. The molecule has 11 heavy (non-hydrogen) atoms. The molecule has 1 amide bonds. The highest BCUT2D eigenvalue weighted by molar-refractivity contribution is 5.95. The van der Waals surface area contributed by atoms with Crippen LogP contribution in [0.5, 0.6) is 0 Å². The molecule has 0 spiro atoms. The van der Waals surface area contributed by atoms with Crippen LogP contribution in [0.2, 0.25) is 0 Å². The monoisotopic (exact) mass is 153 g/mol. The van der Waals surface area contributed by atoms with Crippen LogP contribution in [-0.2, 0) is 4.79 Å². The van der Waals surface area contributed by atoms with Crippen LogP contribution < -0.4 is 5.32 Å². The summed E-state index contributed by atoms with van der Waals surface area (Å²) in [6.45, 7) is 3.29. The van der Waals surface area contributed by atoms with Crippen molar-refractivity contribution >= 4 is 5.91 Å². The predicted molar refractivity (Wildman–Crippen MR) is 41.6 cm³/mol. The molecule has 0 fully saturated rings. The Kier molecular flexibility index (Phi) is 2.44. The van der Waals surface area contributed by atoms with Gasteiger partial charge in [0.05, 0.1) is 0 Å². The molecular formula is C8H11NO2. The number of allylic oxidation sites excluding steroid dienone is 2. The van der Waals surface area contributed by atoms with E-state index < -0.39 is 0 Å². The first-order chi connectivity index (χ1) is 5.29. The standard InChI is InChI=1S/C8H11NO2/c1-2-6-3-4-7(6)8(11)9-5-10/h2,4,6,10H,1,3,5H2,(H,9,11). The number of aliphatic hydroxyl groups is 1. The molecule has 0 saturated carbocycles. The second kappa shape index (κ2) is 3.34. The molecule has 3 nitrogen and oxygen atoms in total. The lowest BCUT2D eigenvalue weighted by molar-refractivity contribution is -0.119. The molecule has 0 bridgehead atoms. The van der Waals surface area contributed by atoms with Crippen molar-refractivity contribution in [1.29, 1.82) is 0 Å². The highest BCUT2D eigenvalue weighted by Gasteiger charge is 2.23. The maximum Gasteiger partial charge on any atom is 0.249 e. The molecule has 1 rings (SSSR count). The molecule has 1 aliphatic carbocycles. The second-order valence-electron chi connectivity index (χ2n) is 2.40. The summed E-state index contributed by atoms with van der Waals surface area (Å²) in [5.41, 5.74) is 0.717.